The zero-order chi connectivity index (χ0) is 15.1. The van der Waals surface area contributed by atoms with Crippen molar-refractivity contribution in [2.24, 2.45) is 0 Å². The summed E-state index contributed by atoms with van der Waals surface area (Å²) >= 11 is 0. The molecule has 0 aromatic heterocycles. The lowest BCUT2D eigenvalue weighted by Gasteiger charge is -2.28. The van der Waals surface area contributed by atoms with Gasteiger partial charge >= 0.3 is 0 Å². The van der Waals surface area contributed by atoms with Gasteiger partial charge in [0.25, 0.3) is 0 Å². The molecule has 1 heterocycles. The SMILES string of the molecule is COc1ccc(OCCC(=O)NC2CCNC(C)C2)cc1. The fourth-order valence-electron chi connectivity index (χ4n) is 2.50. The molecule has 1 saturated heterocycles. The third-order valence-corrected chi connectivity index (χ3v) is 3.65. The highest BCUT2D eigenvalue weighted by atomic mass is 16.5. The second kappa shape index (κ2) is 7.88. The molecule has 116 valence electrons. The van der Waals surface area contributed by atoms with Crippen LogP contribution in [-0.2, 0) is 4.79 Å². The minimum Gasteiger partial charge on any atom is -0.497 e. The molecule has 0 radical (unpaired) electrons. The number of carbonyl (C=O) groups is 1. The van der Waals surface area contributed by atoms with E-state index in [2.05, 4.69) is 17.6 Å². The minimum absolute atomic E-state index is 0.0580. The van der Waals surface area contributed by atoms with Gasteiger partial charge < -0.3 is 20.1 Å². The molecule has 0 aliphatic carbocycles. The molecule has 1 aromatic rings. The topological polar surface area (TPSA) is 59.6 Å². The predicted molar refractivity (Wildman–Crippen MR) is 81.7 cm³/mol. The van der Waals surface area contributed by atoms with E-state index in [1.807, 2.05) is 24.3 Å². The molecule has 21 heavy (non-hydrogen) atoms. The van der Waals surface area contributed by atoms with Crippen molar-refractivity contribution < 1.29 is 14.3 Å². The summed E-state index contributed by atoms with van der Waals surface area (Å²) in [5, 5.41) is 6.45. The van der Waals surface area contributed by atoms with Crippen LogP contribution in [0, 0.1) is 0 Å². The van der Waals surface area contributed by atoms with Crippen molar-refractivity contribution in [1.82, 2.24) is 10.6 Å². The largest absolute Gasteiger partial charge is 0.497 e. The normalized spacial score (nSPS) is 21.6. The molecule has 1 aliphatic rings. The van der Waals surface area contributed by atoms with Crippen LogP contribution >= 0.6 is 0 Å². The number of rotatable bonds is 6. The first-order valence-corrected chi connectivity index (χ1v) is 7.47. The van der Waals surface area contributed by atoms with Crippen LogP contribution < -0.4 is 20.1 Å². The molecule has 0 bridgehead atoms. The van der Waals surface area contributed by atoms with Gasteiger partial charge in [-0.1, -0.05) is 0 Å². The van der Waals surface area contributed by atoms with Gasteiger partial charge in [-0.2, -0.15) is 0 Å². The molecule has 1 aromatic carbocycles. The van der Waals surface area contributed by atoms with Crippen molar-refractivity contribution in [3.05, 3.63) is 24.3 Å². The van der Waals surface area contributed by atoms with Gasteiger partial charge in [-0.15, -0.1) is 0 Å². The van der Waals surface area contributed by atoms with Crippen LogP contribution in [0.15, 0.2) is 24.3 Å². The Balaban J connectivity index is 1.66. The monoisotopic (exact) mass is 292 g/mol. The smallest absolute Gasteiger partial charge is 0.223 e. The fourth-order valence-corrected chi connectivity index (χ4v) is 2.50. The standard InChI is InChI=1S/C16H24N2O3/c1-12-11-13(7-9-17-12)18-16(19)8-10-21-15-5-3-14(20-2)4-6-15/h3-6,12-13,17H,7-11H2,1-2H3,(H,18,19). The lowest BCUT2D eigenvalue weighted by atomic mass is 10.0. The Morgan fingerprint density at radius 1 is 1.33 bits per heavy atom. The number of hydrogen-bond acceptors (Lipinski definition) is 4. The number of carbonyl (C=O) groups excluding carboxylic acids is 1. The van der Waals surface area contributed by atoms with Gasteiger partial charge in [0.1, 0.15) is 11.5 Å². The first-order chi connectivity index (χ1) is 10.2. The molecule has 5 heteroatoms. The summed E-state index contributed by atoms with van der Waals surface area (Å²) in [5.41, 5.74) is 0. The van der Waals surface area contributed by atoms with Gasteiger partial charge in [-0.25, -0.2) is 0 Å². The highest BCUT2D eigenvalue weighted by Crippen LogP contribution is 2.17. The average Bonchev–Trinajstić information content (AvgIpc) is 2.48. The molecule has 0 saturated carbocycles. The van der Waals surface area contributed by atoms with Gasteiger partial charge in [0.05, 0.1) is 20.1 Å². The van der Waals surface area contributed by atoms with E-state index < -0.39 is 0 Å². The van der Waals surface area contributed by atoms with Crippen molar-refractivity contribution >= 4 is 5.91 Å². The molecule has 2 unspecified atom stereocenters. The molecule has 2 atom stereocenters. The molecule has 2 N–H and O–H groups in total. The van der Waals surface area contributed by atoms with Gasteiger partial charge in [0.15, 0.2) is 0 Å². The van der Waals surface area contributed by atoms with E-state index in [-0.39, 0.29) is 11.9 Å². The summed E-state index contributed by atoms with van der Waals surface area (Å²) in [6.07, 6.45) is 2.37. The van der Waals surface area contributed by atoms with Crippen molar-refractivity contribution in [3.63, 3.8) is 0 Å². The second-order valence-corrected chi connectivity index (χ2v) is 5.42. The average molecular weight is 292 g/mol. The van der Waals surface area contributed by atoms with E-state index in [1.165, 1.54) is 0 Å². The first-order valence-electron chi connectivity index (χ1n) is 7.47. The molecule has 1 fully saturated rings. The number of methoxy groups -OCH3 is 1. The predicted octanol–water partition coefficient (Wildman–Crippen LogP) is 1.72. The molecular weight excluding hydrogens is 268 g/mol. The Labute approximate surface area is 126 Å². The van der Waals surface area contributed by atoms with Crippen LogP contribution in [0.4, 0.5) is 0 Å². The Hall–Kier alpha value is -1.75. The van der Waals surface area contributed by atoms with Crippen molar-refractivity contribution in [1.29, 1.82) is 0 Å². The van der Waals surface area contributed by atoms with Crippen LogP contribution in [0.25, 0.3) is 0 Å². The Kier molecular flexibility index (Phi) is 5.87. The molecular formula is C16H24N2O3. The molecule has 1 amide bonds. The summed E-state index contributed by atoms with van der Waals surface area (Å²) in [7, 11) is 1.63. The Morgan fingerprint density at radius 2 is 2.05 bits per heavy atom. The van der Waals surface area contributed by atoms with E-state index in [0.29, 0.717) is 19.1 Å². The highest BCUT2D eigenvalue weighted by Gasteiger charge is 2.19. The summed E-state index contributed by atoms with van der Waals surface area (Å²) in [5.74, 6) is 1.60. The Morgan fingerprint density at radius 3 is 2.71 bits per heavy atom. The number of nitrogens with one attached hydrogen (secondary N) is 2. The fraction of sp³-hybridized carbons (Fsp3) is 0.562. The highest BCUT2D eigenvalue weighted by molar-refractivity contribution is 5.76. The van der Waals surface area contributed by atoms with Gasteiger partial charge in [-0.3, -0.25) is 4.79 Å². The third-order valence-electron chi connectivity index (χ3n) is 3.65. The molecule has 5 nitrogen and oxygen atoms in total. The van der Waals surface area contributed by atoms with Crippen LogP contribution in [-0.4, -0.2) is 38.3 Å². The number of piperidine rings is 1. The number of amides is 1. The lowest BCUT2D eigenvalue weighted by molar-refractivity contribution is -0.122. The zero-order valence-corrected chi connectivity index (χ0v) is 12.7. The quantitative estimate of drug-likeness (QED) is 0.838. The van der Waals surface area contributed by atoms with Crippen molar-refractivity contribution in [3.8, 4) is 11.5 Å². The summed E-state index contributed by atoms with van der Waals surface area (Å²) in [6, 6.07) is 8.11. The van der Waals surface area contributed by atoms with Crippen LogP contribution in [0.2, 0.25) is 0 Å². The van der Waals surface area contributed by atoms with E-state index in [4.69, 9.17) is 9.47 Å². The van der Waals surface area contributed by atoms with Crippen LogP contribution in [0.3, 0.4) is 0 Å². The molecule has 0 spiro atoms. The van der Waals surface area contributed by atoms with Crippen molar-refractivity contribution in [2.75, 3.05) is 20.3 Å². The van der Waals surface area contributed by atoms with Crippen LogP contribution in [0.5, 0.6) is 11.5 Å². The number of hydrogen-bond donors (Lipinski definition) is 2. The van der Waals surface area contributed by atoms with E-state index in [0.717, 1.165) is 30.9 Å². The first kappa shape index (κ1) is 15.6. The van der Waals surface area contributed by atoms with Gasteiger partial charge in [-0.05, 0) is 50.6 Å². The second-order valence-electron chi connectivity index (χ2n) is 5.42. The summed E-state index contributed by atoms with van der Waals surface area (Å²) in [6.45, 7) is 3.50. The summed E-state index contributed by atoms with van der Waals surface area (Å²) < 4.78 is 10.6. The van der Waals surface area contributed by atoms with Crippen LogP contribution in [0.1, 0.15) is 26.2 Å². The molecule has 1 aliphatic heterocycles. The Bertz CT molecular complexity index is 447. The lowest BCUT2D eigenvalue weighted by Crippen LogP contribution is -2.46. The number of ether oxygens (including phenoxy) is 2. The third kappa shape index (κ3) is 5.27. The zero-order valence-electron chi connectivity index (χ0n) is 12.7. The molecule has 2 rings (SSSR count). The van der Waals surface area contributed by atoms with E-state index in [1.54, 1.807) is 7.11 Å². The maximum atomic E-state index is 11.9. The maximum Gasteiger partial charge on any atom is 0.223 e. The minimum atomic E-state index is 0.0580. The number of benzene rings is 1. The maximum absolute atomic E-state index is 11.9. The van der Waals surface area contributed by atoms with Gasteiger partial charge in [0.2, 0.25) is 5.91 Å². The van der Waals surface area contributed by atoms with E-state index in [9.17, 15) is 4.79 Å². The summed E-state index contributed by atoms with van der Waals surface area (Å²) in [4.78, 5) is 11.9. The van der Waals surface area contributed by atoms with E-state index >= 15 is 0 Å². The van der Waals surface area contributed by atoms with Crippen molar-refractivity contribution in [2.45, 2.75) is 38.3 Å². The van der Waals surface area contributed by atoms with Gasteiger partial charge in [0, 0.05) is 12.1 Å².